The molecule has 3 N–H and O–H groups in total. The first-order valence-corrected chi connectivity index (χ1v) is 5.43. The number of carbonyl (C=O) groups excluding carboxylic acids is 1. The van der Waals surface area contributed by atoms with Gasteiger partial charge in [-0.25, -0.2) is 0 Å². The highest BCUT2D eigenvalue weighted by atomic mass is 16.1. The van der Waals surface area contributed by atoms with E-state index in [-0.39, 0.29) is 6.41 Å². The van der Waals surface area contributed by atoms with Crippen LogP contribution in [0.2, 0.25) is 0 Å². The normalized spacial score (nSPS) is 16.9. The van der Waals surface area contributed by atoms with Crippen LogP contribution in [0.1, 0.15) is 26.2 Å². The number of amides is 1. The van der Waals surface area contributed by atoms with Gasteiger partial charge in [-0.2, -0.15) is 0 Å². The predicted molar refractivity (Wildman–Crippen MR) is 59.1 cm³/mol. The summed E-state index contributed by atoms with van der Waals surface area (Å²) in [6, 6.07) is 0. The van der Waals surface area contributed by atoms with E-state index in [1.807, 2.05) is 0 Å². The molecule has 4 heteroatoms. The molecule has 1 amide bonds. The van der Waals surface area contributed by atoms with Crippen LogP contribution in [0.25, 0.3) is 0 Å². The minimum atomic E-state index is 0.250. The molecule has 0 spiro atoms. The van der Waals surface area contributed by atoms with Gasteiger partial charge in [0.2, 0.25) is 6.41 Å². The van der Waals surface area contributed by atoms with Crippen molar-refractivity contribution in [2.75, 3.05) is 32.7 Å². The van der Waals surface area contributed by atoms with Crippen molar-refractivity contribution in [3.05, 3.63) is 0 Å². The summed E-state index contributed by atoms with van der Waals surface area (Å²) in [5, 5.41) is 3.36. The summed E-state index contributed by atoms with van der Waals surface area (Å²) < 4.78 is 0. The van der Waals surface area contributed by atoms with E-state index in [4.69, 9.17) is 4.79 Å². The molecule has 1 saturated heterocycles. The highest BCUT2D eigenvalue weighted by molar-refractivity contribution is 5.42. The molecule has 0 unspecified atom stereocenters. The van der Waals surface area contributed by atoms with Crippen molar-refractivity contribution in [3.63, 3.8) is 0 Å². The third-order valence-corrected chi connectivity index (χ3v) is 2.29. The van der Waals surface area contributed by atoms with Gasteiger partial charge in [-0.1, -0.05) is 19.8 Å². The Morgan fingerprint density at radius 1 is 1.36 bits per heavy atom. The second-order valence-corrected chi connectivity index (χ2v) is 3.43. The number of hydrogen-bond acceptors (Lipinski definition) is 3. The first kappa shape index (κ1) is 13.4. The van der Waals surface area contributed by atoms with Crippen LogP contribution < -0.4 is 11.1 Å². The summed E-state index contributed by atoms with van der Waals surface area (Å²) in [5.74, 6) is 0. The third-order valence-electron chi connectivity index (χ3n) is 2.29. The fourth-order valence-electron chi connectivity index (χ4n) is 1.52. The van der Waals surface area contributed by atoms with E-state index in [1.165, 1.54) is 52.0 Å². The van der Waals surface area contributed by atoms with Gasteiger partial charge < -0.3 is 16.0 Å². The molecule has 0 aromatic carbocycles. The lowest BCUT2D eigenvalue weighted by Crippen LogP contribution is -2.43. The monoisotopic (exact) mass is 201 g/mol. The van der Waals surface area contributed by atoms with Crippen LogP contribution in [-0.2, 0) is 4.79 Å². The number of carbonyl (C=O) groups is 1. The van der Waals surface area contributed by atoms with Crippen molar-refractivity contribution in [1.82, 2.24) is 10.2 Å². The molecular formula is C10H23N3O. The summed E-state index contributed by atoms with van der Waals surface area (Å²) in [4.78, 5) is 11.1. The summed E-state index contributed by atoms with van der Waals surface area (Å²) in [5.41, 5.74) is 4.17. The molecule has 0 aromatic heterocycles. The third kappa shape index (κ3) is 8.01. The molecule has 1 rings (SSSR count). The summed E-state index contributed by atoms with van der Waals surface area (Å²) in [6.07, 6.45) is 4.37. The minimum Gasteiger partial charge on any atom is -0.372 e. The summed E-state index contributed by atoms with van der Waals surface area (Å²) in [6.45, 7) is 8.46. The van der Waals surface area contributed by atoms with E-state index >= 15 is 0 Å². The quantitative estimate of drug-likeness (QED) is 0.504. The SMILES string of the molecule is CCCCCN1CCNCC1.NC=O. The largest absolute Gasteiger partial charge is 0.372 e. The molecule has 0 aliphatic carbocycles. The number of piperazine rings is 1. The van der Waals surface area contributed by atoms with Gasteiger partial charge in [0.25, 0.3) is 0 Å². The topological polar surface area (TPSA) is 58.4 Å². The number of rotatable bonds is 4. The van der Waals surface area contributed by atoms with Crippen LogP contribution in [-0.4, -0.2) is 44.0 Å². The smallest absolute Gasteiger partial charge is 0.204 e. The van der Waals surface area contributed by atoms with Crippen molar-refractivity contribution in [2.45, 2.75) is 26.2 Å². The standard InChI is InChI=1S/C9H20N2.CH3NO/c1-2-3-4-7-11-8-5-10-6-9-11;2-1-3/h10H,2-9H2,1H3;1H,(H2,2,3). The minimum absolute atomic E-state index is 0.250. The van der Waals surface area contributed by atoms with Gasteiger partial charge >= 0.3 is 0 Å². The Hall–Kier alpha value is -0.610. The molecule has 14 heavy (non-hydrogen) atoms. The van der Waals surface area contributed by atoms with E-state index in [0.29, 0.717) is 0 Å². The number of nitrogens with one attached hydrogen (secondary N) is 1. The Balaban J connectivity index is 0.000000500. The number of hydrogen-bond donors (Lipinski definition) is 2. The Morgan fingerprint density at radius 2 is 1.93 bits per heavy atom. The Kier molecular flexibility index (Phi) is 10.0. The molecule has 0 atom stereocenters. The van der Waals surface area contributed by atoms with Crippen LogP contribution in [0.15, 0.2) is 0 Å². The molecule has 84 valence electrons. The zero-order chi connectivity index (χ0) is 10.6. The van der Waals surface area contributed by atoms with Crippen molar-refractivity contribution in [3.8, 4) is 0 Å². The van der Waals surface area contributed by atoms with Crippen LogP contribution in [0.3, 0.4) is 0 Å². The van der Waals surface area contributed by atoms with Gasteiger partial charge in [0.05, 0.1) is 0 Å². The molecule has 1 fully saturated rings. The van der Waals surface area contributed by atoms with Crippen molar-refractivity contribution < 1.29 is 4.79 Å². The van der Waals surface area contributed by atoms with Gasteiger partial charge in [0.1, 0.15) is 0 Å². The van der Waals surface area contributed by atoms with Crippen LogP contribution in [0.5, 0.6) is 0 Å². The average molecular weight is 201 g/mol. The maximum absolute atomic E-state index is 8.58. The van der Waals surface area contributed by atoms with Crippen molar-refractivity contribution in [1.29, 1.82) is 0 Å². The van der Waals surface area contributed by atoms with Crippen molar-refractivity contribution >= 4 is 6.41 Å². The van der Waals surface area contributed by atoms with E-state index < -0.39 is 0 Å². The Bertz CT molecular complexity index is 125. The van der Waals surface area contributed by atoms with Gasteiger partial charge in [-0.3, -0.25) is 4.79 Å². The van der Waals surface area contributed by atoms with Gasteiger partial charge in [0.15, 0.2) is 0 Å². The molecule has 4 nitrogen and oxygen atoms in total. The first-order chi connectivity index (χ1) is 6.85. The maximum atomic E-state index is 8.58. The lowest BCUT2D eigenvalue weighted by atomic mass is 10.2. The molecule has 0 radical (unpaired) electrons. The molecular weight excluding hydrogens is 178 g/mol. The predicted octanol–water partition coefficient (Wildman–Crippen LogP) is 0.183. The number of nitrogens with zero attached hydrogens (tertiary/aromatic N) is 1. The average Bonchev–Trinajstić information content (AvgIpc) is 2.21. The fraction of sp³-hybridized carbons (Fsp3) is 0.900. The fourth-order valence-corrected chi connectivity index (χ4v) is 1.52. The first-order valence-electron chi connectivity index (χ1n) is 5.43. The van der Waals surface area contributed by atoms with E-state index in [1.54, 1.807) is 0 Å². The van der Waals surface area contributed by atoms with E-state index in [0.717, 1.165) is 0 Å². The zero-order valence-electron chi connectivity index (χ0n) is 9.17. The van der Waals surface area contributed by atoms with Crippen LogP contribution in [0.4, 0.5) is 0 Å². The highest BCUT2D eigenvalue weighted by Gasteiger charge is 2.07. The van der Waals surface area contributed by atoms with Crippen LogP contribution >= 0.6 is 0 Å². The second kappa shape index (κ2) is 10.5. The number of primary amides is 1. The Morgan fingerprint density at radius 3 is 2.43 bits per heavy atom. The number of unbranched alkanes of at least 4 members (excludes halogenated alkanes) is 2. The summed E-state index contributed by atoms with van der Waals surface area (Å²) >= 11 is 0. The highest BCUT2D eigenvalue weighted by Crippen LogP contribution is 1.98. The maximum Gasteiger partial charge on any atom is 0.204 e. The number of nitrogens with two attached hydrogens (primary N) is 1. The van der Waals surface area contributed by atoms with Crippen LogP contribution in [0, 0.1) is 0 Å². The second-order valence-electron chi connectivity index (χ2n) is 3.43. The van der Waals surface area contributed by atoms with Gasteiger partial charge in [-0.15, -0.1) is 0 Å². The molecule has 0 bridgehead atoms. The lowest BCUT2D eigenvalue weighted by molar-refractivity contribution is -0.106. The Labute approximate surface area is 86.8 Å². The van der Waals surface area contributed by atoms with Gasteiger partial charge in [-0.05, 0) is 13.0 Å². The molecule has 0 aromatic rings. The van der Waals surface area contributed by atoms with E-state index in [9.17, 15) is 0 Å². The molecule has 1 aliphatic heterocycles. The zero-order valence-corrected chi connectivity index (χ0v) is 9.17. The lowest BCUT2D eigenvalue weighted by Gasteiger charge is -2.26. The molecule has 0 saturated carbocycles. The summed E-state index contributed by atoms with van der Waals surface area (Å²) in [7, 11) is 0. The van der Waals surface area contributed by atoms with E-state index in [2.05, 4.69) is 22.9 Å². The molecule has 1 heterocycles. The molecule has 1 aliphatic rings. The van der Waals surface area contributed by atoms with Gasteiger partial charge in [0, 0.05) is 26.2 Å². The van der Waals surface area contributed by atoms with Crippen molar-refractivity contribution in [2.24, 2.45) is 5.73 Å².